The van der Waals surface area contributed by atoms with E-state index in [-0.39, 0.29) is 0 Å². The number of hydrogen-bond acceptors (Lipinski definition) is 2. The van der Waals surface area contributed by atoms with Crippen molar-refractivity contribution >= 4 is 14.1 Å². The quantitative estimate of drug-likeness (QED) is 0.504. The van der Waals surface area contributed by atoms with E-state index in [0.29, 0.717) is 6.04 Å². The molecule has 0 aliphatic heterocycles. The van der Waals surface area contributed by atoms with Crippen molar-refractivity contribution in [2.45, 2.75) is 57.8 Å². The van der Waals surface area contributed by atoms with Gasteiger partial charge in [-0.3, -0.25) is 0 Å². The van der Waals surface area contributed by atoms with Gasteiger partial charge in [0.05, 0.1) is 20.1 Å². The number of hydrogen-bond donors (Lipinski definition) is 0. The summed E-state index contributed by atoms with van der Waals surface area (Å²) in [6, 6.07) is 3.42. The van der Waals surface area contributed by atoms with Gasteiger partial charge in [-0.2, -0.15) is 0 Å². The molecule has 1 saturated carbocycles. The highest BCUT2D eigenvalue weighted by atomic mass is 28.3. The Hall–Kier alpha value is -0.403. The molecule has 0 unspecified atom stereocenters. The van der Waals surface area contributed by atoms with Crippen LogP contribution in [0.15, 0.2) is 9.98 Å². The van der Waals surface area contributed by atoms with Crippen LogP contribution in [0.2, 0.25) is 19.6 Å². The van der Waals surface area contributed by atoms with Crippen LogP contribution < -0.4 is 0 Å². The van der Waals surface area contributed by atoms with Crippen molar-refractivity contribution in [3.05, 3.63) is 0 Å². The van der Waals surface area contributed by atoms with Gasteiger partial charge in [0.25, 0.3) is 0 Å². The fraction of sp³-hybridized carbons (Fsp3) is 0.909. The lowest BCUT2D eigenvalue weighted by Crippen LogP contribution is -2.24. The van der Waals surface area contributed by atoms with E-state index in [1.165, 1.54) is 32.1 Å². The van der Waals surface area contributed by atoms with Gasteiger partial charge in [0.1, 0.15) is 0 Å². The molecule has 0 heterocycles. The highest BCUT2D eigenvalue weighted by Crippen LogP contribution is 2.19. The van der Waals surface area contributed by atoms with E-state index < -0.39 is 8.07 Å². The fourth-order valence-electron chi connectivity index (χ4n) is 1.61. The molecule has 0 amide bonds. The topological polar surface area (TPSA) is 24.7 Å². The number of nitrogens with zero attached hydrogens (tertiary/aromatic N) is 2. The first-order valence-corrected chi connectivity index (χ1v) is 9.40. The molecular weight excluding hydrogens is 188 g/mol. The van der Waals surface area contributed by atoms with Crippen LogP contribution in [0.3, 0.4) is 0 Å². The maximum absolute atomic E-state index is 4.39. The van der Waals surface area contributed by atoms with E-state index in [0.717, 1.165) is 6.17 Å². The molecule has 0 aromatic rings. The van der Waals surface area contributed by atoms with E-state index in [1.54, 1.807) is 0 Å². The molecule has 0 N–H and O–H groups in total. The monoisotopic (exact) mass is 210 g/mol. The molecular formula is C11H22N2Si. The summed E-state index contributed by atoms with van der Waals surface area (Å²) in [4.78, 5) is 8.67. The summed E-state index contributed by atoms with van der Waals surface area (Å²) >= 11 is 0. The van der Waals surface area contributed by atoms with Gasteiger partial charge >= 0.3 is 0 Å². The Morgan fingerprint density at radius 3 is 2.36 bits per heavy atom. The largest absolute Gasteiger partial charge is 0.229 e. The van der Waals surface area contributed by atoms with Crippen molar-refractivity contribution in [2.75, 3.05) is 6.17 Å². The molecule has 0 aromatic carbocycles. The Morgan fingerprint density at radius 1 is 1.14 bits per heavy atom. The van der Waals surface area contributed by atoms with Crippen LogP contribution in [-0.4, -0.2) is 26.3 Å². The van der Waals surface area contributed by atoms with Crippen LogP contribution in [0.4, 0.5) is 0 Å². The van der Waals surface area contributed by atoms with Gasteiger partial charge in [0.15, 0.2) is 0 Å². The van der Waals surface area contributed by atoms with E-state index in [1.807, 2.05) is 0 Å². The lowest BCUT2D eigenvalue weighted by Gasteiger charge is -2.15. The van der Waals surface area contributed by atoms with Crippen LogP contribution in [0.5, 0.6) is 0 Å². The first kappa shape index (κ1) is 11.7. The third kappa shape index (κ3) is 5.35. The SMILES string of the molecule is C[Si](C)(C)CN=C=NC1CCCCC1. The second-order valence-electron chi connectivity index (χ2n) is 5.40. The van der Waals surface area contributed by atoms with Crippen LogP contribution in [-0.2, 0) is 0 Å². The Kier molecular flexibility index (Phi) is 4.56. The van der Waals surface area contributed by atoms with Gasteiger partial charge in [-0.1, -0.05) is 38.9 Å². The third-order valence-corrected chi connectivity index (χ3v) is 3.55. The maximum Gasteiger partial charge on any atom is 0.0892 e. The Labute approximate surface area is 88.6 Å². The van der Waals surface area contributed by atoms with Gasteiger partial charge in [0.2, 0.25) is 0 Å². The van der Waals surface area contributed by atoms with Crippen molar-refractivity contribution < 1.29 is 0 Å². The summed E-state index contributed by atoms with van der Waals surface area (Å²) < 4.78 is 0. The molecule has 0 spiro atoms. The summed E-state index contributed by atoms with van der Waals surface area (Å²) in [5, 5.41) is 0. The first-order valence-electron chi connectivity index (χ1n) is 5.69. The molecule has 80 valence electrons. The lowest BCUT2D eigenvalue weighted by atomic mass is 9.96. The van der Waals surface area contributed by atoms with Crippen LogP contribution in [0, 0.1) is 0 Å². The summed E-state index contributed by atoms with van der Waals surface area (Å²) in [5.41, 5.74) is 0. The molecule has 0 atom stereocenters. The zero-order chi connectivity index (χ0) is 10.4. The zero-order valence-electron chi connectivity index (χ0n) is 9.71. The molecule has 1 rings (SSSR count). The van der Waals surface area contributed by atoms with Crippen molar-refractivity contribution in [1.29, 1.82) is 0 Å². The summed E-state index contributed by atoms with van der Waals surface area (Å²) in [5.74, 6) is 0. The fourth-order valence-corrected chi connectivity index (χ4v) is 2.15. The van der Waals surface area contributed by atoms with Crippen molar-refractivity contribution in [2.24, 2.45) is 9.98 Å². The van der Waals surface area contributed by atoms with Gasteiger partial charge in [-0.15, -0.1) is 0 Å². The highest BCUT2D eigenvalue weighted by molar-refractivity contribution is 6.76. The second kappa shape index (κ2) is 5.47. The molecule has 0 aromatic heterocycles. The molecule has 0 saturated heterocycles. The Balaban J connectivity index is 2.30. The normalized spacial score (nSPS) is 18.8. The average molecular weight is 210 g/mol. The summed E-state index contributed by atoms with van der Waals surface area (Å²) in [6.45, 7) is 6.95. The molecule has 1 aliphatic carbocycles. The van der Waals surface area contributed by atoms with Gasteiger partial charge in [0, 0.05) is 6.17 Å². The first-order chi connectivity index (χ1) is 6.58. The Morgan fingerprint density at radius 2 is 1.79 bits per heavy atom. The maximum atomic E-state index is 4.39. The minimum absolute atomic E-state index is 0.522. The van der Waals surface area contributed by atoms with E-state index in [9.17, 15) is 0 Å². The molecule has 1 aliphatic rings. The van der Waals surface area contributed by atoms with Crippen LogP contribution >= 0.6 is 0 Å². The van der Waals surface area contributed by atoms with Crippen LogP contribution in [0.1, 0.15) is 32.1 Å². The van der Waals surface area contributed by atoms with Gasteiger partial charge < -0.3 is 0 Å². The molecule has 0 bridgehead atoms. The molecule has 3 heteroatoms. The summed E-state index contributed by atoms with van der Waals surface area (Å²) in [7, 11) is -1.03. The van der Waals surface area contributed by atoms with E-state index >= 15 is 0 Å². The van der Waals surface area contributed by atoms with Crippen LogP contribution in [0.25, 0.3) is 0 Å². The number of rotatable bonds is 3. The average Bonchev–Trinajstić information content (AvgIpc) is 2.13. The molecule has 14 heavy (non-hydrogen) atoms. The second-order valence-corrected chi connectivity index (χ2v) is 10.8. The van der Waals surface area contributed by atoms with Crippen molar-refractivity contribution in [3.8, 4) is 0 Å². The minimum atomic E-state index is -1.03. The minimum Gasteiger partial charge on any atom is -0.229 e. The van der Waals surface area contributed by atoms with E-state index in [4.69, 9.17) is 0 Å². The molecule has 0 radical (unpaired) electrons. The predicted octanol–water partition coefficient (Wildman–Crippen LogP) is 3.37. The Bertz CT molecular complexity index is 218. The summed E-state index contributed by atoms with van der Waals surface area (Å²) in [6.07, 6.45) is 7.51. The number of aliphatic imine (C=N–C) groups is 2. The predicted molar refractivity (Wildman–Crippen MR) is 64.9 cm³/mol. The highest BCUT2D eigenvalue weighted by Gasteiger charge is 2.12. The zero-order valence-corrected chi connectivity index (χ0v) is 10.7. The van der Waals surface area contributed by atoms with Gasteiger partial charge in [-0.25, -0.2) is 9.98 Å². The molecule has 1 fully saturated rings. The van der Waals surface area contributed by atoms with Crippen molar-refractivity contribution in [3.63, 3.8) is 0 Å². The standard InChI is InChI=1S/C11H22N2Si/c1-14(2,3)10-12-9-13-11-7-5-4-6-8-11/h11H,4-8,10H2,1-3H3. The van der Waals surface area contributed by atoms with Crippen molar-refractivity contribution in [1.82, 2.24) is 0 Å². The van der Waals surface area contributed by atoms with E-state index in [2.05, 4.69) is 35.6 Å². The van der Waals surface area contributed by atoms with Gasteiger partial charge in [-0.05, 0) is 12.8 Å². The smallest absolute Gasteiger partial charge is 0.0892 e. The third-order valence-electron chi connectivity index (χ3n) is 2.44. The lowest BCUT2D eigenvalue weighted by molar-refractivity contribution is 0.444. The molecule has 2 nitrogen and oxygen atoms in total.